The topological polar surface area (TPSA) is 56.9 Å². The molecule has 0 aliphatic rings. The molecular formula is C19H20BrN3O. The summed E-state index contributed by atoms with van der Waals surface area (Å²) in [4.78, 5) is 15.3. The first-order valence-electron chi connectivity index (χ1n) is 7.96. The van der Waals surface area contributed by atoms with Crippen LogP contribution < -0.4 is 10.6 Å². The van der Waals surface area contributed by atoms with Gasteiger partial charge in [0.15, 0.2) is 0 Å². The number of aryl methyl sites for hydroxylation is 1. The third-order valence-corrected chi connectivity index (χ3v) is 4.52. The van der Waals surface area contributed by atoms with E-state index < -0.39 is 0 Å². The van der Waals surface area contributed by atoms with E-state index >= 15 is 0 Å². The van der Waals surface area contributed by atoms with Crippen LogP contribution in [0.2, 0.25) is 0 Å². The molecule has 0 aliphatic heterocycles. The average molecular weight is 386 g/mol. The van der Waals surface area contributed by atoms with Crippen LogP contribution in [0.1, 0.15) is 16.8 Å². The van der Waals surface area contributed by atoms with Crippen LogP contribution >= 0.6 is 15.9 Å². The second-order valence-corrected chi connectivity index (χ2v) is 6.68. The van der Waals surface area contributed by atoms with Gasteiger partial charge in [0.2, 0.25) is 0 Å². The van der Waals surface area contributed by atoms with E-state index in [1.165, 1.54) is 10.9 Å². The lowest BCUT2D eigenvalue weighted by Gasteiger charge is -2.08. The minimum absolute atomic E-state index is 0.146. The number of para-hydroxylation sites is 1. The number of halogens is 1. The first-order chi connectivity index (χ1) is 11.6. The van der Waals surface area contributed by atoms with Crippen LogP contribution in [-0.4, -0.2) is 17.6 Å². The number of carbonyl (C=O) groups is 1. The van der Waals surface area contributed by atoms with Gasteiger partial charge in [-0.2, -0.15) is 0 Å². The maximum Gasteiger partial charge on any atom is 0.315 e. The molecule has 124 valence electrons. The molecule has 0 unspecified atom stereocenters. The number of fused-ring (bicyclic) bond motifs is 1. The van der Waals surface area contributed by atoms with Gasteiger partial charge in [-0.15, -0.1) is 0 Å². The fourth-order valence-corrected chi connectivity index (χ4v) is 3.30. The molecule has 24 heavy (non-hydrogen) atoms. The molecule has 1 aromatic heterocycles. The number of hydrogen-bond donors (Lipinski definition) is 3. The third kappa shape index (κ3) is 3.97. The van der Waals surface area contributed by atoms with Gasteiger partial charge in [0.25, 0.3) is 0 Å². The lowest BCUT2D eigenvalue weighted by atomic mass is 10.1. The molecule has 0 spiro atoms. The van der Waals surface area contributed by atoms with Gasteiger partial charge in [-0.25, -0.2) is 4.79 Å². The molecule has 3 aromatic rings. The summed E-state index contributed by atoms with van der Waals surface area (Å²) in [5.74, 6) is 0. The summed E-state index contributed by atoms with van der Waals surface area (Å²) in [7, 11) is 0. The summed E-state index contributed by atoms with van der Waals surface area (Å²) < 4.78 is 1.01. The minimum Gasteiger partial charge on any atom is -0.358 e. The van der Waals surface area contributed by atoms with Crippen molar-refractivity contribution in [2.75, 3.05) is 6.54 Å². The summed E-state index contributed by atoms with van der Waals surface area (Å²) in [6, 6.07) is 16.0. The summed E-state index contributed by atoms with van der Waals surface area (Å²) >= 11 is 3.43. The molecule has 0 atom stereocenters. The number of benzene rings is 2. The van der Waals surface area contributed by atoms with E-state index in [9.17, 15) is 4.79 Å². The molecule has 0 saturated heterocycles. The SMILES string of the molecule is Cc1[nH]c2ccccc2c1CCNC(=O)NCc1cccc(Br)c1. The number of carbonyl (C=O) groups excluding carboxylic acids is 1. The zero-order valence-electron chi connectivity index (χ0n) is 13.5. The maximum absolute atomic E-state index is 11.9. The highest BCUT2D eigenvalue weighted by molar-refractivity contribution is 9.10. The number of rotatable bonds is 5. The molecule has 0 bridgehead atoms. The summed E-state index contributed by atoms with van der Waals surface area (Å²) in [6.45, 7) is 3.19. The normalized spacial score (nSPS) is 10.8. The van der Waals surface area contributed by atoms with Crippen molar-refractivity contribution < 1.29 is 4.79 Å². The van der Waals surface area contributed by atoms with Crippen molar-refractivity contribution >= 4 is 32.9 Å². The van der Waals surface area contributed by atoms with E-state index in [1.807, 2.05) is 36.4 Å². The van der Waals surface area contributed by atoms with Crippen LogP contribution in [-0.2, 0) is 13.0 Å². The Balaban J connectivity index is 1.50. The zero-order valence-corrected chi connectivity index (χ0v) is 15.1. The van der Waals surface area contributed by atoms with Crippen LogP contribution in [0, 0.1) is 6.92 Å². The molecule has 0 radical (unpaired) electrons. The van der Waals surface area contributed by atoms with E-state index in [0.717, 1.165) is 27.7 Å². The highest BCUT2D eigenvalue weighted by Gasteiger charge is 2.08. The summed E-state index contributed by atoms with van der Waals surface area (Å²) in [6.07, 6.45) is 0.806. The minimum atomic E-state index is -0.146. The molecule has 4 nitrogen and oxygen atoms in total. The molecule has 0 fully saturated rings. The Kier molecular flexibility index (Phi) is 5.20. The molecule has 0 aliphatic carbocycles. The number of nitrogens with one attached hydrogen (secondary N) is 3. The second-order valence-electron chi connectivity index (χ2n) is 5.76. The van der Waals surface area contributed by atoms with E-state index in [1.54, 1.807) is 0 Å². The molecule has 0 saturated carbocycles. The van der Waals surface area contributed by atoms with Crippen molar-refractivity contribution in [3.63, 3.8) is 0 Å². The van der Waals surface area contributed by atoms with Crippen molar-refractivity contribution in [2.24, 2.45) is 0 Å². The molecule has 3 rings (SSSR count). The number of aromatic nitrogens is 1. The van der Waals surface area contributed by atoms with Crippen LogP contribution in [0.25, 0.3) is 10.9 Å². The number of hydrogen-bond acceptors (Lipinski definition) is 1. The molecule has 1 heterocycles. The molecular weight excluding hydrogens is 366 g/mol. The van der Waals surface area contributed by atoms with E-state index in [0.29, 0.717) is 13.1 Å². The molecule has 2 amide bonds. The van der Waals surface area contributed by atoms with Crippen LogP contribution in [0.15, 0.2) is 53.0 Å². The first kappa shape index (κ1) is 16.6. The number of urea groups is 1. The maximum atomic E-state index is 11.9. The highest BCUT2D eigenvalue weighted by Crippen LogP contribution is 2.21. The predicted molar refractivity (Wildman–Crippen MR) is 101 cm³/mol. The lowest BCUT2D eigenvalue weighted by Crippen LogP contribution is -2.36. The van der Waals surface area contributed by atoms with Crippen molar-refractivity contribution in [2.45, 2.75) is 19.9 Å². The van der Waals surface area contributed by atoms with Crippen molar-refractivity contribution in [3.05, 3.63) is 69.8 Å². The Labute approximate surface area is 149 Å². The molecule has 5 heteroatoms. The van der Waals surface area contributed by atoms with Gasteiger partial charge in [-0.05, 0) is 42.7 Å². The third-order valence-electron chi connectivity index (χ3n) is 4.03. The van der Waals surface area contributed by atoms with Gasteiger partial charge >= 0.3 is 6.03 Å². The smallest absolute Gasteiger partial charge is 0.315 e. The Bertz CT molecular complexity index is 857. The predicted octanol–water partition coefficient (Wildman–Crippen LogP) is 4.28. The monoisotopic (exact) mass is 385 g/mol. The zero-order chi connectivity index (χ0) is 16.9. The van der Waals surface area contributed by atoms with Gasteiger partial charge in [0.1, 0.15) is 0 Å². The van der Waals surface area contributed by atoms with Crippen molar-refractivity contribution in [1.82, 2.24) is 15.6 Å². The molecule has 3 N–H and O–H groups in total. The van der Waals surface area contributed by atoms with Gasteiger partial charge < -0.3 is 15.6 Å². The van der Waals surface area contributed by atoms with Gasteiger partial charge in [-0.3, -0.25) is 0 Å². The summed E-state index contributed by atoms with van der Waals surface area (Å²) in [5.41, 5.74) is 4.63. The average Bonchev–Trinajstić information content (AvgIpc) is 2.89. The number of aromatic amines is 1. The Morgan fingerprint density at radius 3 is 2.79 bits per heavy atom. The van der Waals surface area contributed by atoms with Gasteiger partial charge in [0.05, 0.1) is 0 Å². The fourth-order valence-electron chi connectivity index (χ4n) is 2.85. The lowest BCUT2D eigenvalue weighted by molar-refractivity contribution is 0.240. The second kappa shape index (κ2) is 7.53. The summed E-state index contributed by atoms with van der Waals surface area (Å²) in [5, 5.41) is 7.03. The standard InChI is InChI=1S/C19H20BrN3O/c1-13-16(17-7-2-3-8-18(17)23-13)9-10-21-19(24)22-12-14-5-4-6-15(20)11-14/h2-8,11,23H,9-10,12H2,1H3,(H2,21,22,24). The molecule has 2 aromatic carbocycles. The van der Waals surface area contributed by atoms with Crippen LogP contribution in [0.5, 0.6) is 0 Å². The van der Waals surface area contributed by atoms with Crippen LogP contribution in [0.4, 0.5) is 4.79 Å². The Morgan fingerprint density at radius 1 is 1.12 bits per heavy atom. The first-order valence-corrected chi connectivity index (χ1v) is 8.75. The van der Waals surface area contributed by atoms with Crippen LogP contribution in [0.3, 0.4) is 0 Å². The van der Waals surface area contributed by atoms with Crippen molar-refractivity contribution in [1.29, 1.82) is 0 Å². The van der Waals surface area contributed by atoms with Crippen molar-refractivity contribution in [3.8, 4) is 0 Å². The number of amides is 2. The Hall–Kier alpha value is -2.27. The van der Waals surface area contributed by atoms with Gasteiger partial charge in [0, 0.05) is 34.2 Å². The van der Waals surface area contributed by atoms with E-state index in [2.05, 4.69) is 50.6 Å². The van der Waals surface area contributed by atoms with E-state index in [4.69, 9.17) is 0 Å². The number of H-pyrrole nitrogens is 1. The highest BCUT2D eigenvalue weighted by atomic mass is 79.9. The fraction of sp³-hybridized carbons (Fsp3) is 0.211. The Morgan fingerprint density at radius 2 is 1.96 bits per heavy atom. The largest absolute Gasteiger partial charge is 0.358 e. The van der Waals surface area contributed by atoms with E-state index in [-0.39, 0.29) is 6.03 Å². The van der Waals surface area contributed by atoms with Gasteiger partial charge in [-0.1, -0.05) is 46.3 Å². The quantitative estimate of drug-likeness (QED) is 0.602.